The van der Waals surface area contributed by atoms with E-state index in [1.807, 2.05) is 18.2 Å². The summed E-state index contributed by atoms with van der Waals surface area (Å²) in [7, 11) is 0. The molecule has 0 aliphatic rings. The SMILES string of the molecule is Cc1cc(NC(=O)CCNC(C)c2ccccc2)no1. The molecule has 2 aromatic rings. The summed E-state index contributed by atoms with van der Waals surface area (Å²) < 4.78 is 4.89. The first-order chi connectivity index (χ1) is 9.65. The van der Waals surface area contributed by atoms with Crippen molar-refractivity contribution in [2.75, 3.05) is 11.9 Å². The Morgan fingerprint density at radius 3 is 2.75 bits per heavy atom. The summed E-state index contributed by atoms with van der Waals surface area (Å²) in [6, 6.07) is 12.0. The molecule has 0 saturated heterocycles. The van der Waals surface area contributed by atoms with Crippen LogP contribution in [0.3, 0.4) is 0 Å². The van der Waals surface area contributed by atoms with Crippen molar-refractivity contribution in [3.05, 3.63) is 47.7 Å². The molecular weight excluding hydrogens is 254 g/mol. The normalized spacial score (nSPS) is 12.1. The van der Waals surface area contributed by atoms with Crippen molar-refractivity contribution < 1.29 is 9.32 Å². The molecule has 1 aromatic heterocycles. The van der Waals surface area contributed by atoms with Crippen molar-refractivity contribution in [2.45, 2.75) is 26.3 Å². The molecule has 20 heavy (non-hydrogen) atoms. The number of nitrogens with zero attached hydrogens (tertiary/aromatic N) is 1. The van der Waals surface area contributed by atoms with Gasteiger partial charge in [-0.1, -0.05) is 35.5 Å². The number of carbonyl (C=O) groups excluding carboxylic acids is 1. The highest BCUT2D eigenvalue weighted by Gasteiger charge is 2.08. The summed E-state index contributed by atoms with van der Waals surface area (Å²) in [5.41, 5.74) is 1.21. The van der Waals surface area contributed by atoms with Crippen molar-refractivity contribution in [3.8, 4) is 0 Å². The highest BCUT2D eigenvalue weighted by molar-refractivity contribution is 5.89. The van der Waals surface area contributed by atoms with E-state index < -0.39 is 0 Å². The molecule has 0 saturated carbocycles. The van der Waals surface area contributed by atoms with Gasteiger partial charge in [-0.2, -0.15) is 0 Å². The number of rotatable bonds is 6. The lowest BCUT2D eigenvalue weighted by Crippen LogP contribution is -2.24. The second kappa shape index (κ2) is 6.86. The summed E-state index contributed by atoms with van der Waals surface area (Å²) in [5, 5.41) is 9.73. The highest BCUT2D eigenvalue weighted by atomic mass is 16.5. The predicted molar refractivity (Wildman–Crippen MR) is 77.3 cm³/mol. The van der Waals surface area contributed by atoms with Crippen LogP contribution in [0, 0.1) is 6.92 Å². The molecule has 1 aromatic carbocycles. The number of nitrogens with one attached hydrogen (secondary N) is 2. The van der Waals surface area contributed by atoms with Crippen LogP contribution in [0.1, 0.15) is 30.7 Å². The van der Waals surface area contributed by atoms with Crippen molar-refractivity contribution in [1.29, 1.82) is 0 Å². The molecule has 1 unspecified atom stereocenters. The first kappa shape index (κ1) is 14.3. The van der Waals surface area contributed by atoms with Gasteiger partial charge in [-0.05, 0) is 19.4 Å². The van der Waals surface area contributed by atoms with Crippen LogP contribution >= 0.6 is 0 Å². The maximum atomic E-state index is 11.7. The van der Waals surface area contributed by atoms with Crippen LogP contribution in [-0.4, -0.2) is 17.6 Å². The third-order valence-corrected chi connectivity index (χ3v) is 3.00. The fourth-order valence-electron chi connectivity index (χ4n) is 1.89. The fraction of sp³-hybridized carbons (Fsp3) is 0.333. The monoisotopic (exact) mass is 273 g/mol. The van der Waals surface area contributed by atoms with Gasteiger partial charge in [0.1, 0.15) is 5.76 Å². The van der Waals surface area contributed by atoms with Gasteiger partial charge in [-0.3, -0.25) is 4.79 Å². The van der Waals surface area contributed by atoms with E-state index in [0.717, 1.165) is 0 Å². The smallest absolute Gasteiger partial charge is 0.226 e. The fourth-order valence-corrected chi connectivity index (χ4v) is 1.89. The minimum atomic E-state index is -0.0777. The van der Waals surface area contributed by atoms with Crippen LogP contribution in [0.15, 0.2) is 40.9 Å². The van der Waals surface area contributed by atoms with Crippen LogP contribution in [0.5, 0.6) is 0 Å². The summed E-state index contributed by atoms with van der Waals surface area (Å²) in [5.74, 6) is 1.06. The second-order valence-electron chi connectivity index (χ2n) is 4.71. The molecule has 0 bridgehead atoms. The third kappa shape index (κ3) is 4.20. The van der Waals surface area contributed by atoms with Gasteiger partial charge in [-0.25, -0.2) is 0 Å². The minimum absolute atomic E-state index is 0.0777. The van der Waals surface area contributed by atoms with E-state index >= 15 is 0 Å². The van der Waals surface area contributed by atoms with E-state index in [9.17, 15) is 4.79 Å². The Hall–Kier alpha value is -2.14. The van der Waals surface area contributed by atoms with Gasteiger partial charge in [0.05, 0.1) is 0 Å². The third-order valence-electron chi connectivity index (χ3n) is 3.00. The summed E-state index contributed by atoms with van der Waals surface area (Å²) in [4.78, 5) is 11.7. The molecule has 5 heteroatoms. The summed E-state index contributed by atoms with van der Waals surface area (Å²) in [6.07, 6.45) is 0.392. The van der Waals surface area contributed by atoms with Crippen molar-refractivity contribution >= 4 is 11.7 Å². The lowest BCUT2D eigenvalue weighted by atomic mass is 10.1. The van der Waals surface area contributed by atoms with E-state index in [2.05, 4.69) is 34.8 Å². The zero-order valence-corrected chi connectivity index (χ0v) is 11.7. The molecule has 106 valence electrons. The molecule has 0 spiro atoms. The Bertz CT molecular complexity index is 551. The number of aryl methyl sites for hydroxylation is 1. The van der Waals surface area contributed by atoms with E-state index in [1.165, 1.54) is 5.56 Å². The van der Waals surface area contributed by atoms with Gasteiger partial charge < -0.3 is 15.2 Å². The number of amides is 1. The van der Waals surface area contributed by atoms with E-state index in [4.69, 9.17) is 4.52 Å². The van der Waals surface area contributed by atoms with Gasteiger partial charge in [-0.15, -0.1) is 0 Å². The summed E-state index contributed by atoms with van der Waals surface area (Å²) in [6.45, 7) is 4.47. The number of hydrogen-bond acceptors (Lipinski definition) is 4. The van der Waals surface area contributed by atoms with Crippen LogP contribution in [0.4, 0.5) is 5.82 Å². The molecule has 5 nitrogen and oxygen atoms in total. The van der Waals surface area contributed by atoms with Crippen molar-refractivity contribution in [3.63, 3.8) is 0 Å². The summed E-state index contributed by atoms with van der Waals surface area (Å²) >= 11 is 0. The lowest BCUT2D eigenvalue weighted by Gasteiger charge is -2.13. The average Bonchev–Trinajstić information content (AvgIpc) is 2.85. The van der Waals surface area contributed by atoms with Gasteiger partial charge in [0.2, 0.25) is 5.91 Å². The molecule has 0 fully saturated rings. The Morgan fingerprint density at radius 2 is 2.10 bits per heavy atom. The van der Waals surface area contributed by atoms with Crippen molar-refractivity contribution in [1.82, 2.24) is 10.5 Å². The Labute approximate surface area is 118 Å². The maximum absolute atomic E-state index is 11.7. The quantitative estimate of drug-likeness (QED) is 0.849. The Kier molecular flexibility index (Phi) is 4.90. The molecule has 0 aliphatic heterocycles. The Balaban J connectivity index is 1.71. The molecule has 0 radical (unpaired) electrons. The van der Waals surface area contributed by atoms with E-state index in [-0.39, 0.29) is 11.9 Å². The molecule has 1 heterocycles. The largest absolute Gasteiger partial charge is 0.360 e. The number of benzene rings is 1. The number of carbonyl (C=O) groups is 1. The maximum Gasteiger partial charge on any atom is 0.226 e. The predicted octanol–water partition coefficient (Wildman–Crippen LogP) is 2.66. The van der Waals surface area contributed by atoms with Crippen LogP contribution < -0.4 is 10.6 Å². The molecule has 0 aliphatic carbocycles. The van der Waals surface area contributed by atoms with Crippen molar-refractivity contribution in [2.24, 2.45) is 0 Å². The molecule has 2 N–H and O–H groups in total. The van der Waals surface area contributed by atoms with Gasteiger partial charge in [0.25, 0.3) is 0 Å². The van der Waals surface area contributed by atoms with E-state index in [0.29, 0.717) is 24.5 Å². The number of hydrogen-bond donors (Lipinski definition) is 2. The number of anilines is 1. The van der Waals surface area contributed by atoms with E-state index in [1.54, 1.807) is 13.0 Å². The van der Waals surface area contributed by atoms with Crippen LogP contribution in [0.2, 0.25) is 0 Å². The van der Waals surface area contributed by atoms with Crippen LogP contribution in [0.25, 0.3) is 0 Å². The topological polar surface area (TPSA) is 67.2 Å². The van der Waals surface area contributed by atoms with Crippen LogP contribution in [-0.2, 0) is 4.79 Å². The average molecular weight is 273 g/mol. The highest BCUT2D eigenvalue weighted by Crippen LogP contribution is 2.11. The molecule has 1 amide bonds. The lowest BCUT2D eigenvalue weighted by molar-refractivity contribution is -0.116. The minimum Gasteiger partial charge on any atom is -0.360 e. The van der Waals surface area contributed by atoms with Gasteiger partial charge in [0, 0.05) is 25.1 Å². The van der Waals surface area contributed by atoms with Gasteiger partial charge >= 0.3 is 0 Å². The Morgan fingerprint density at radius 1 is 1.35 bits per heavy atom. The zero-order chi connectivity index (χ0) is 14.4. The number of aromatic nitrogens is 1. The first-order valence-electron chi connectivity index (χ1n) is 6.66. The van der Waals surface area contributed by atoms with Gasteiger partial charge in [0.15, 0.2) is 5.82 Å². The standard InChI is InChI=1S/C15H19N3O2/c1-11-10-14(18-20-11)17-15(19)8-9-16-12(2)13-6-4-3-5-7-13/h3-7,10,12,16H,8-9H2,1-2H3,(H,17,18,19). The zero-order valence-electron chi connectivity index (χ0n) is 11.7. The molecule has 1 atom stereocenters. The first-order valence-corrected chi connectivity index (χ1v) is 6.66. The molecular formula is C15H19N3O2. The second-order valence-corrected chi connectivity index (χ2v) is 4.71. The molecule has 2 rings (SSSR count).